The summed E-state index contributed by atoms with van der Waals surface area (Å²) < 4.78 is 13.4. The second-order valence-corrected chi connectivity index (χ2v) is 3.62. The molecule has 2 rings (SSSR count). The zero-order valence-corrected chi connectivity index (χ0v) is 9.27. The van der Waals surface area contributed by atoms with Crippen molar-refractivity contribution in [3.05, 3.63) is 59.7 Å². The Hall–Kier alpha value is -2.23. The number of carbonyl (C=O) groups excluding carboxylic acids is 1. The molecule has 0 atom stereocenters. The molecule has 86 valence electrons. The van der Waals surface area contributed by atoms with Crippen molar-refractivity contribution >= 4 is 11.6 Å². The first-order valence-electron chi connectivity index (χ1n) is 5.15. The second-order valence-electron chi connectivity index (χ2n) is 3.62. The van der Waals surface area contributed by atoms with Crippen LogP contribution >= 0.6 is 0 Å². The maximum atomic E-state index is 13.4. The highest BCUT2D eigenvalue weighted by Crippen LogP contribution is 2.14. The zero-order valence-electron chi connectivity index (χ0n) is 9.27. The Morgan fingerprint density at radius 3 is 2.76 bits per heavy atom. The number of halogens is 1. The van der Waals surface area contributed by atoms with Gasteiger partial charge in [0.15, 0.2) is 0 Å². The SMILES string of the molecule is Cc1ccncc1NC(=O)c1ccccc1F. The van der Waals surface area contributed by atoms with Crippen LogP contribution in [-0.4, -0.2) is 10.9 Å². The van der Waals surface area contributed by atoms with Gasteiger partial charge in [0, 0.05) is 6.20 Å². The van der Waals surface area contributed by atoms with E-state index in [-0.39, 0.29) is 5.56 Å². The van der Waals surface area contributed by atoms with Crippen LogP contribution in [0.2, 0.25) is 0 Å². The van der Waals surface area contributed by atoms with E-state index in [1.54, 1.807) is 24.4 Å². The molecular formula is C13H11FN2O. The van der Waals surface area contributed by atoms with Crippen LogP contribution in [0.5, 0.6) is 0 Å². The van der Waals surface area contributed by atoms with Crippen LogP contribution in [0.1, 0.15) is 15.9 Å². The van der Waals surface area contributed by atoms with Crippen molar-refractivity contribution < 1.29 is 9.18 Å². The second kappa shape index (κ2) is 4.74. The summed E-state index contributed by atoms with van der Waals surface area (Å²) in [5.41, 5.74) is 1.49. The van der Waals surface area contributed by atoms with E-state index >= 15 is 0 Å². The van der Waals surface area contributed by atoms with Crippen LogP contribution in [0.15, 0.2) is 42.7 Å². The monoisotopic (exact) mass is 230 g/mol. The molecule has 2 aromatic rings. The summed E-state index contributed by atoms with van der Waals surface area (Å²) in [7, 11) is 0. The molecule has 0 saturated carbocycles. The maximum Gasteiger partial charge on any atom is 0.258 e. The molecule has 0 fully saturated rings. The van der Waals surface area contributed by atoms with Crippen LogP contribution in [0, 0.1) is 12.7 Å². The Bertz CT molecular complexity index is 555. The fourth-order valence-corrected chi connectivity index (χ4v) is 1.43. The molecule has 4 heteroatoms. The Morgan fingerprint density at radius 1 is 1.29 bits per heavy atom. The van der Waals surface area contributed by atoms with E-state index in [9.17, 15) is 9.18 Å². The number of benzene rings is 1. The van der Waals surface area contributed by atoms with E-state index in [1.807, 2.05) is 6.92 Å². The van der Waals surface area contributed by atoms with Gasteiger partial charge in [0.05, 0.1) is 17.4 Å². The highest BCUT2D eigenvalue weighted by Gasteiger charge is 2.11. The molecule has 1 aromatic carbocycles. The number of nitrogens with zero attached hydrogens (tertiary/aromatic N) is 1. The number of carbonyl (C=O) groups is 1. The number of anilines is 1. The van der Waals surface area contributed by atoms with Gasteiger partial charge >= 0.3 is 0 Å². The van der Waals surface area contributed by atoms with Crippen LogP contribution in [-0.2, 0) is 0 Å². The van der Waals surface area contributed by atoms with E-state index < -0.39 is 11.7 Å². The number of aryl methyl sites for hydroxylation is 1. The third kappa shape index (κ3) is 2.47. The lowest BCUT2D eigenvalue weighted by molar-refractivity contribution is 0.102. The molecule has 1 heterocycles. The standard InChI is InChI=1S/C13H11FN2O/c1-9-6-7-15-8-12(9)16-13(17)10-4-2-3-5-11(10)14/h2-8H,1H3,(H,16,17). The number of pyridine rings is 1. The molecule has 1 aromatic heterocycles. The summed E-state index contributed by atoms with van der Waals surface area (Å²) >= 11 is 0. The van der Waals surface area contributed by atoms with Crippen molar-refractivity contribution in [2.24, 2.45) is 0 Å². The Balaban J connectivity index is 2.24. The van der Waals surface area contributed by atoms with E-state index in [4.69, 9.17) is 0 Å². The molecule has 0 spiro atoms. The third-order valence-corrected chi connectivity index (χ3v) is 2.41. The van der Waals surface area contributed by atoms with Gasteiger partial charge < -0.3 is 5.32 Å². The average molecular weight is 230 g/mol. The summed E-state index contributed by atoms with van der Waals surface area (Å²) in [5.74, 6) is -1.01. The van der Waals surface area contributed by atoms with Gasteiger partial charge in [-0.1, -0.05) is 12.1 Å². The molecule has 3 nitrogen and oxygen atoms in total. The minimum atomic E-state index is -0.536. The number of amides is 1. The van der Waals surface area contributed by atoms with Gasteiger partial charge in [0.2, 0.25) is 0 Å². The van der Waals surface area contributed by atoms with E-state index in [0.29, 0.717) is 5.69 Å². The molecule has 0 unspecified atom stereocenters. The molecule has 0 radical (unpaired) electrons. The largest absolute Gasteiger partial charge is 0.320 e. The van der Waals surface area contributed by atoms with E-state index in [0.717, 1.165) is 5.56 Å². The summed E-state index contributed by atoms with van der Waals surface area (Å²) in [4.78, 5) is 15.7. The Morgan fingerprint density at radius 2 is 2.06 bits per heavy atom. The molecule has 0 bridgehead atoms. The van der Waals surface area contributed by atoms with Gasteiger partial charge in [-0.05, 0) is 30.7 Å². The van der Waals surface area contributed by atoms with Gasteiger partial charge in [-0.3, -0.25) is 9.78 Å². The van der Waals surface area contributed by atoms with E-state index in [2.05, 4.69) is 10.3 Å². The molecular weight excluding hydrogens is 219 g/mol. The minimum absolute atomic E-state index is 0.0238. The van der Waals surface area contributed by atoms with Crippen LogP contribution in [0.25, 0.3) is 0 Å². The third-order valence-electron chi connectivity index (χ3n) is 2.41. The van der Waals surface area contributed by atoms with Crippen molar-refractivity contribution in [1.29, 1.82) is 0 Å². The highest BCUT2D eigenvalue weighted by atomic mass is 19.1. The summed E-state index contributed by atoms with van der Waals surface area (Å²) in [6, 6.07) is 7.63. The Kier molecular flexibility index (Phi) is 3.14. The van der Waals surface area contributed by atoms with Crippen molar-refractivity contribution in [1.82, 2.24) is 4.98 Å². The molecule has 0 aliphatic rings. The molecule has 0 aliphatic heterocycles. The highest BCUT2D eigenvalue weighted by molar-refractivity contribution is 6.04. The van der Waals surface area contributed by atoms with Gasteiger partial charge in [0.25, 0.3) is 5.91 Å². The van der Waals surface area contributed by atoms with Crippen LogP contribution < -0.4 is 5.32 Å². The molecule has 0 saturated heterocycles. The quantitative estimate of drug-likeness (QED) is 0.861. The van der Waals surface area contributed by atoms with Crippen LogP contribution in [0.3, 0.4) is 0 Å². The molecule has 1 N–H and O–H groups in total. The smallest absolute Gasteiger partial charge is 0.258 e. The molecule has 1 amide bonds. The lowest BCUT2D eigenvalue weighted by Gasteiger charge is -2.07. The van der Waals surface area contributed by atoms with Gasteiger partial charge in [-0.25, -0.2) is 4.39 Å². The normalized spacial score (nSPS) is 10.0. The molecule has 17 heavy (non-hydrogen) atoms. The molecule has 0 aliphatic carbocycles. The number of hydrogen-bond donors (Lipinski definition) is 1. The first kappa shape index (κ1) is 11.3. The number of aromatic nitrogens is 1. The van der Waals surface area contributed by atoms with E-state index in [1.165, 1.54) is 18.3 Å². The first-order valence-corrected chi connectivity index (χ1v) is 5.15. The van der Waals surface area contributed by atoms with Gasteiger partial charge in [-0.2, -0.15) is 0 Å². The Labute approximate surface area is 98.3 Å². The fourth-order valence-electron chi connectivity index (χ4n) is 1.43. The fraction of sp³-hybridized carbons (Fsp3) is 0.0769. The van der Waals surface area contributed by atoms with Crippen LogP contribution in [0.4, 0.5) is 10.1 Å². The predicted octanol–water partition coefficient (Wildman–Crippen LogP) is 2.78. The van der Waals surface area contributed by atoms with Crippen molar-refractivity contribution in [2.45, 2.75) is 6.92 Å². The first-order chi connectivity index (χ1) is 8.18. The zero-order chi connectivity index (χ0) is 12.3. The summed E-state index contributed by atoms with van der Waals surface area (Å²) in [5, 5.41) is 2.63. The minimum Gasteiger partial charge on any atom is -0.320 e. The summed E-state index contributed by atoms with van der Waals surface area (Å²) in [6.45, 7) is 1.85. The predicted molar refractivity (Wildman–Crippen MR) is 63.3 cm³/mol. The van der Waals surface area contributed by atoms with Gasteiger partial charge in [0.1, 0.15) is 5.82 Å². The number of nitrogens with one attached hydrogen (secondary N) is 1. The van der Waals surface area contributed by atoms with Crippen molar-refractivity contribution in [3.8, 4) is 0 Å². The number of hydrogen-bond acceptors (Lipinski definition) is 2. The van der Waals surface area contributed by atoms with Crippen molar-refractivity contribution in [3.63, 3.8) is 0 Å². The lowest BCUT2D eigenvalue weighted by atomic mass is 10.2. The average Bonchev–Trinajstić information content (AvgIpc) is 2.32. The van der Waals surface area contributed by atoms with Gasteiger partial charge in [-0.15, -0.1) is 0 Å². The van der Waals surface area contributed by atoms with Crippen molar-refractivity contribution in [2.75, 3.05) is 5.32 Å². The lowest BCUT2D eigenvalue weighted by Crippen LogP contribution is -2.14. The topological polar surface area (TPSA) is 42.0 Å². The summed E-state index contributed by atoms with van der Waals surface area (Å²) in [6.07, 6.45) is 3.17. The number of rotatable bonds is 2. The maximum absolute atomic E-state index is 13.4.